The first kappa shape index (κ1) is 18.1. The fourth-order valence-electron chi connectivity index (χ4n) is 2.26. The Hall–Kier alpha value is -3.68. The second-order valence-corrected chi connectivity index (χ2v) is 5.64. The molecule has 138 valence electrons. The lowest BCUT2D eigenvalue weighted by Crippen LogP contribution is -2.44. The summed E-state index contributed by atoms with van der Waals surface area (Å²) in [7, 11) is 0. The topological polar surface area (TPSA) is 85.2 Å². The summed E-state index contributed by atoms with van der Waals surface area (Å²) in [6, 6.07) is 14.8. The number of halogens is 1. The van der Waals surface area contributed by atoms with E-state index < -0.39 is 17.6 Å². The number of nitrogens with one attached hydrogen (secondary N) is 2. The SMILES string of the molecule is O=C(COc1ccc(F)cc1)NNC(=O)Cc1cnn(-c2ccccc2)c1. The molecule has 0 atom stereocenters. The van der Waals surface area contributed by atoms with Crippen LogP contribution in [0.15, 0.2) is 67.0 Å². The van der Waals surface area contributed by atoms with Gasteiger partial charge in [-0.3, -0.25) is 20.4 Å². The van der Waals surface area contributed by atoms with Gasteiger partial charge in [-0.05, 0) is 42.0 Å². The van der Waals surface area contributed by atoms with Gasteiger partial charge in [-0.15, -0.1) is 0 Å². The van der Waals surface area contributed by atoms with Gasteiger partial charge < -0.3 is 4.74 Å². The molecule has 0 bridgehead atoms. The fourth-order valence-corrected chi connectivity index (χ4v) is 2.26. The van der Waals surface area contributed by atoms with E-state index in [2.05, 4.69) is 16.0 Å². The van der Waals surface area contributed by atoms with Gasteiger partial charge in [0.15, 0.2) is 6.61 Å². The van der Waals surface area contributed by atoms with Crippen molar-refractivity contribution in [3.8, 4) is 11.4 Å². The molecule has 7 nitrogen and oxygen atoms in total. The van der Waals surface area contributed by atoms with Crippen LogP contribution in [0.1, 0.15) is 5.56 Å². The number of para-hydroxylation sites is 1. The lowest BCUT2D eigenvalue weighted by atomic mass is 10.2. The number of rotatable bonds is 6. The molecule has 0 aliphatic carbocycles. The summed E-state index contributed by atoms with van der Waals surface area (Å²) in [5.41, 5.74) is 6.15. The Kier molecular flexibility index (Phi) is 5.78. The minimum atomic E-state index is -0.535. The number of ether oxygens (including phenoxy) is 1. The van der Waals surface area contributed by atoms with Crippen LogP contribution in [-0.4, -0.2) is 28.2 Å². The number of aromatic nitrogens is 2. The molecule has 0 spiro atoms. The van der Waals surface area contributed by atoms with Crippen LogP contribution >= 0.6 is 0 Å². The van der Waals surface area contributed by atoms with Gasteiger partial charge in [0.1, 0.15) is 11.6 Å². The molecule has 2 amide bonds. The minimum absolute atomic E-state index is 0.0614. The number of carbonyl (C=O) groups excluding carboxylic acids is 2. The van der Waals surface area contributed by atoms with Crippen molar-refractivity contribution in [3.05, 3.63) is 78.4 Å². The summed E-state index contributed by atoms with van der Waals surface area (Å²) in [6.45, 7) is -0.308. The van der Waals surface area contributed by atoms with Crippen molar-refractivity contribution >= 4 is 11.8 Å². The second-order valence-electron chi connectivity index (χ2n) is 5.64. The number of benzene rings is 2. The summed E-state index contributed by atoms with van der Waals surface area (Å²) < 4.78 is 19.6. The smallest absolute Gasteiger partial charge is 0.276 e. The average Bonchev–Trinajstić information content (AvgIpc) is 3.15. The van der Waals surface area contributed by atoms with E-state index >= 15 is 0 Å². The summed E-state index contributed by atoms with van der Waals surface area (Å²) in [4.78, 5) is 23.6. The van der Waals surface area contributed by atoms with E-state index in [1.165, 1.54) is 24.3 Å². The van der Waals surface area contributed by atoms with E-state index in [4.69, 9.17) is 4.74 Å². The first-order chi connectivity index (χ1) is 13.1. The van der Waals surface area contributed by atoms with Gasteiger partial charge >= 0.3 is 0 Å². The Labute approximate surface area is 154 Å². The predicted octanol–water partition coefficient (Wildman–Crippen LogP) is 1.78. The number of amides is 2. The molecule has 0 radical (unpaired) electrons. The number of carbonyl (C=O) groups is 2. The third kappa shape index (κ3) is 5.40. The molecule has 0 unspecified atom stereocenters. The largest absolute Gasteiger partial charge is 0.484 e. The van der Waals surface area contributed by atoms with E-state index in [1.807, 2.05) is 30.3 Å². The maximum absolute atomic E-state index is 12.8. The summed E-state index contributed by atoms with van der Waals surface area (Å²) in [6.07, 6.45) is 3.40. The highest BCUT2D eigenvalue weighted by atomic mass is 19.1. The molecule has 2 N–H and O–H groups in total. The first-order valence-corrected chi connectivity index (χ1v) is 8.15. The highest BCUT2D eigenvalue weighted by Gasteiger charge is 2.09. The van der Waals surface area contributed by atoms with Gasteiger partial charge in [0.2, 0.25) is 5.91 Å². The highest BCUT2D eigenvalue weighted by molar-refractivity contribution is 5.83. The zero-order valence-electron chi connectivity index (χ0n) is 14.3. The maximum Gasteiger partial charge on any atom is 0.276 e. The maximum atomic E-state index is 12.8. The fraction of sp³-hybridized carbons (Fsp3) is 0.105. The summed E-state index contributed by atoms with van der Waals surface area (Å²) in [5.74, 6) is -0.966. The molecular weight excluding hydrogens is 351 g/mol. The Bertz CT molecular complexity index is 910. The molecule has 3 rings (SSSR count). The summed E-state index contributed by atoms with van der Waals surface area (Å²) >= 11 is 0. The Morgan fingerprint density at radius 3 is 2.44 bits per heavy atom. The standard InChI is InChI=1S/C19H17FN4O3/c20-15-6-8-17(9-7-15)27-13-19(26)23-22-18(25)10-14-11-21-24(12-14)16-4-2-1-3-5-16/h1-9,11-12H,10,13H2,(H,22,25)(H,23,26). The van der Waals surface area contributed by atoms with Crippen LogP contribution in [0, 0.1) is 5.82 Å². The van der Waals surface area contributed by atoms with Gasteiger partial charge in [0.05, 0.1) is 18.3 Å². The van der Waals surface area contributed by atoms with E-state index in [9.17, 15) is 14.0 Å². The molecule has 2 aromatic carbocycles. The van der Waals surface area contributed by atoms with Crippen LogP contribution < -0.4 is 15.6 Å². The lowest BCUT2D eigenvalue weighted by molar-refractivity contribution is -0.129. The molecule has 0 saturated carbocycles. The highest BCUT2D eigenvalue weighted by Crippen LogP contribution is 2.10. The monoisotopic (exact) mass is 368 g/mol. The Morgan fingerprint density at radius 2 is 1.70 bits per heavy atom. The molecular formula is C19H17FN4O3. The van der Waals surface area contributed by atoms with Crippen molar-refractivity contribution in [3.63, 3.8) is 0 Å². The van der Waals surface area contributed by atoms with Crippen molar-refractivity contribution in [2.24, 2.45) is 0 Å². The van der Waals surface area contributed by atoms with Gasteiger partial charge in [-0.25, -0.2) is 9.07 Å². The predicted molar refractivity (Wildman–Crippen MR) is 95.4 cm³/mol. The molecule has 0 saturated heterocycles. The quantitative estimate of drug-likeness (QED) is 0.650. The zero-order valence-corrected chi connectivity index (χ0v) is 14.3. The minimum Gasteiger partial charge on any atom is -0.484 e. The molecule has 0 aliphatic heterocycles. The van der Waals surface area contributed by atoms with Crippen LogP contribution in [0.5, 0.6) is 5.75 Å². The lowest BCUT2D eigenvalue weighted by Gasteiger charge is -2.08. The van der Waals surface area contributed by atoms with Crippen molar-refractivity contribution in [2.45, 2.75) is 6.42 Å². The van der Waals surface area contributed by atoms with Crippen LogP contribution in [-0.2, 0) is 16.0 Å². The van der Waals surface area contributed by atoms with Crippen LogP contribution in [0.25, 0.3) is 5.69 Å². The third-order valence-electron chi connectivity index (χ3n) is 3.55. The first-order valence-electron chi connectivity index (χ1n) is 8.15. The molecule has 1 aromatic heterocycles. The molecule has 0 aliphatic rings. The number of hydrogen-bond acceptors (Lipinski definition) is 4. The van der Waals surface area contributed by atoms with Crippen LogP contribution in [0.2, 0.25) is 0 Å². The van der Waals surface area contributed by atoms with Crippen LogP contribution in [0.4, 0.5) is 4.39 Å². The van der Waals surface area contributed by atoms with E-state index in [0.29, 0.717) is 11.3 Å². The number of hydrogen-bond donors (Lipinski definition) is 2. The molecule has 1 heterocycles. The van der Waals surface area contributed by atoms with Crippen molar-refractivity contribution < 1.29 is 18.7 Å². The Morgan fingerprint density at radius 1 is 1.00 bits per heavy atom. The van der Waals surface area contributed by atoms with Gasteiger partial charge in [-0.1, -0.05) is 18.2 Å². The second kappa shape index (κ2) is 8.61. The number of hydrazine groups is 1. The molecule has 3 aromatic rings. The Balaban J connectivity index is 1.42. The van der Waals surface area contributed by atoms with Crippen molar-refractivity contribution in [2.75, 3.05) is 6.61 Å². The van der Waals surface area contributed by atoms with Gasteiger partial charge in [0, 0.05) is 6.20 Å². The van der Waals surface area contributed by atoms with Crippen molar-refractivity contribution in [1.29, 1.82) is 0 Å². The average molecular weight is 368 g/mol. The van der Waals surface area contributed by atoms with Crippen molar-refractivity contribution in [1.82, 2.24) is 20.6 Å². The van der Waals surface area contributed by atoms with E-state index in [0.717, 1.165) is 5.69 Å². The van der Waals surface area contributed by atoms with E-state index in [1.54, 1.807) is 17.1 Å². The third-order valence-corrected chi connectivity index (χ3v) is 3.55. The van der Waals surface area contributed by atoms with Gasteiger partial charge in [0.25, 0.3) is 5.91 Å². The molecule has 8 heteroatoms. The number of nitrogens with zero attached hydrogens (tertiary/aromatic N) is 2. The van der Waals surface area contributed by atoms with Crippen LogP contribution in [0.3, 0.4) is 0 Å². The van der Waals surface area contributed by atoms with E-state index in [-0.39, 0.29) is 13.0 Å². The van der Waals surface area contributed by atoms with Gasteiger partial charge in [-0.2, -0.15) is 5.10 Å². The normalized spacial score (nSPS) is 10.3. The molecule has 0 fully saturated rings. The zero-order chi connectivity index (χ0) is 19.1. The summed E-state index contributed by atoms with van der Waals surface area (Å²) in [5, 5.41) is 4.21. The molecule has 27 heavy (non-hydrogen) atoms.